The van der Waals surface area contributed by atoms with Gasteiger partial charge in [0.15, 0.2) is 9.84 Å². The van der Waals surface area contributed by atoms with Crippen molar-refractivity contribution in [3.05, 3.63) is 33.6 Å². The summed E-state index contributed by atoms with van der Waals surface area (Å²) >= 11 is 1.39. The highest BCUT2D eigenvalue weighted by Crippen LogP contribution is 2.31. The van der Waals surface area contributed by atoms with Gasteiger partial charge in [0.05, 0.1) is 28.1 Å². The zero-order valence-corrected chi connectivity index (χ0v) is 16.5. The van der Waals surface area contributed by atoms with Crippen LogP contribution in [-0.4, -0.2) is 35.6 Å². The van der Waals surface area contributed by atoms with Crippen molar-refractivity contribution in [3.8, 4) is 0 Å². The first-order valence-corrected chi connectivity index (χ1v) is 10.9. The molecule has 2 aromatic heterocycles. The molecular formula is C17H23N3O3S2. The molecule has 0 bridgehead atoms. The van der Waals surface area contributed by atoms with Gasteiger partial charge in [0.25, 0.3) is 5.91 Å². The molecule has 0 aliphatic carbocycles. The molecule has 1 aliphatic heterocycles. The Morgan fingerprint density at radius 3 is 2.64 bits per heavy atom. The van der Waals surface area contributed by atoms with Crippen molar-refractivity contribution in [1.82, 2.24) is 9.78 Å². The van der Waals surface area contributed by atoms with Crippen molar-refractivity contribution < 1.29 is 13.2 Å². The number of aryl methyl sites for hydroxylation is 1. The summed E-state index contributed by atoms with van der Waals surface area (Å²) in [6.45, 7) is 8.02. The van der Waals surface area contributed by atoms with Crippen LogP contribution in [-0.2, 0) is 15.3 Å². The van der Waals surface area contributed by atoms with Gasteiger partial charge in [0, 0.05) is 11.5 Å². The van der Waals surface area contributed by atoms with Crippen LogP contribution in [0.1, 0.15) is 54.2 Å². The Hall–Kier alpha value is -1.67. The molecule has 0 saturated carbocycles. The number of sulfone groups is 1. The third-order valence-electron chi connectivity index (χ3n) is 4.37. The quantitative estimate of drug-likeness (QED) is 0.885. The number of carbonyl (C=O) groups is 1. The van der Waals surface area contributed by atoms with E-state index < -0.39 is 9.84 Å². The monoisotopic (exact) mass is 381 g/mol. The Kier molecular flexibility index (Phi) is 4.53. The summed E-state index contributed by atoms with van der Waals surface area (Å²) in [6, 6.07) is 3.52. The zero-order chi connectivity index (χ0) is 18.4. The highest BCUT2D eigenvalue weighted by Gasteiger charge is 2.33. The van der Waals surface area contributed by atoms with E-state index in [4.69, 9.17) is 0 Å². The number of anilines is 1. The standard InChI is InChI=1S/C17H23N3O3S2/c1-11-5-7-24-15(11)16(21)18-14-9-13(17(2,3)4)19-20(14)12-6-8-25(22,23)10-12/h5,7,9,12H,6,8,10H2,1-4H3,(H,18,21)/t12-/m1/s1. The number of nitrogens with one attached hydrogen (secondary N) is 1. The van der Waals surface area contributed by atoms with Crippen molar-refractivity contribution >= 4 is 32.9 Å². The molecule has 8 heteroatoms. The number of amides is 1. The normalized spacial score (nSPS) is 19.9. The third-order valence-corrected chi connectivity index (χ3v) is 7.13. The van der Waals surface area contributed by atoms with Crippen molar-refractivity contribution in [3.63, 3.8) is 0 Å². The summed E-state index contributed by atoms with van der Waals surface area (Å²) in [4.78, 5) is 13.2. The van der Waals surface area contributed by atoms with Crippen LogP contribution in [0.2, 0.25) is 0 Å². The lowest BCUT2D eigenvalue weighted by Gasteiger charge is -2.15. The number of hydrogen-bond donors (Lipinski definition) is 1. The number of aromatic nitrogens is 2. The number of nitrogens with zero attached hydrogens (tertiary/aromatic N) is 2. The average molecular weight is 382 g/mol. The Labute approximate surface area is 152 Å². The lowest BCUT2D eigenvalue weighted by molar-refractivity contribution is 0.102. The van der Waals surface area contributed by atoms with E-state index in [2.05, 4.69) is 10.4 Å². The number of thiophene rings is 1. The second-order valence-corrected chi connectivity index (χ2v) is 10.7. The maximum absolute atomic E-state index is 12.6. The molecule has 25 heavy (non-hydrogen) atoms. The minimum absolute atomic E-state index is 0.0686. The van der Waals surface area contributed by atoms with E-state index in [1.54, 1.807) is 4.68 Å². The molecule has 0 unspecified atom stereocenters. The highest BCUT2D eigenvalue weighted by molar-refractivity contribution is 7.91. The van der Waals surface area contributed by atoms with Gasteiger partial charge in [-0.05, 0) is 30.4 Å². The van der Waals surface area contributed by atoms with Gasteiger partial charge in [0.2, 0.25) is 0 Å². The predicted molar refractivity (Wildman–Crippen MR) is 100 cm³/mol. The van der Waals surface area contributed by atoms with Crippen LogP contribution < -0.4 is 5.32 Å². The maximum atomic E-state index is 12.6. The first-order valence-electron chi connectivity index (χ1n) is 8.23. The highest BCUT2D eigenvalue weighted by atomic mass is 32.2. The lowest BCUT2D eigenvalue weighted by Crippen LogP contribution is -2.20. The van der Waals surface area contributed by atoms with Gasteiger partial charge in [-0.3, -0.25) is 4.79 Å². The summed E-state index contributed by atoms with van der Waals surface area (Å²) in [5.74, 6) is 0.610. The molecule has 0 spiro atoms. The molecule has 2 aromatic rings. The fourth-order valence-electron chi connectivity index (χ4n) is 2.88. The van der Waals surface area contributed by atoms with Crippen LogP contribution in [0.4, 0.5) is 5.82 Å². The van der Waals surface area contributed by atoms with Gasteiger partial charge >= 0.3 is 0 Å². The van der Waals surface area contributed by atoms with Crippen molar-refractivity contribution in [2.24, 2.45) is 0 Å². The third kappa shape index (κ3) is 3.79. The first kappa shape index (κ1) is 18.1. The number of carbonyl (C=O) groups excluding carboxylic acids is 1. The summed E-state index contributed by atoms with van der Waals surface area (Å²) in [5, 5.41) is 9.43. The largest absolute Gasteiger partial charge is 0.306 e. The van der Waals surface area contributed by atoms with Crippen molar-refractivity contribution in [1.29, 1.82) is 0 Å². The molecule has 1 fully saturated rings. The second-order valence-electron chi connectivity index (χ2n) is 7.55. The van der Waals surface area contributed by atoms with Gasteiger partial charge in [-0.2, -0.15) is 5.10 Å². The lowest BCUT2D eigenvalue weighted by atomic mass is 9.92. The van der Waals surface area contributed by atoms with Crippen LogP contribution in [0.25, 0.3) is 0 Å². The van der Waals surface area contributed by atoms with Crippen LogP contribution in [0.15, 0.2) is 17.5 Å². The average Bonchev–Trinajstić information content (AvgIpc) is 3.16. The van der Waals surface area contributed by atoms with Crippen LogP contribution in [0.5, 0.6) is 0 Å². The SMILES string of the molecule is Cc1ccsc1C(=O)Nc1cc(C(C)(C)C)nn1[C@@H]1CCS(=O)(=O)C1. The van der Waals surface area contributed by atoms with Gasteiger partial charge < -0.3 is 5.32 Å². The molecule has 1 aliphatic rings. The Balaban J connectivity index is 1.95. The smallest absolute Gasteiger partial charge is 0.267 e. The first-order chi connectivity index (χ1) is 11.6. The van der Waals surface area contributed by atoms with E-state index in [0.717, 1.165) is 11.3 Å². The molecule has 3 rings (SSSR count). The van der Waals surface area contributed by atoms with Crippen LogP contribution >= 0.6 is 11.3 Å². The van der Waals surface area contributed by atoms with Crippen LogP contribution in [0.3, 0.4) is 0 Å². The van der Waals surface area contributed by atoms with Gasteiger partial charge in [0.1, 0.15) is 5.82 Å². The Bertz CT molecular complexity index is 904. The number of rotatable bonds is 3. The number of hydrogen-bond acceptors (Lipinski definition) is 5. The van der Waals surface area contributed by atoms with Crippen molar-refractivity contribution in [2.75, 3.05) is 16.8 Å². The van der Waals surface area contributed by atoms with Gasteiger partial charge in [-0.25, -0.2) is 13.1 Å². The molecule has 136 valence electrons. The molecule has 1 amide bonds. The van der Waals surface area contributed by atoms with E-state index in [-0.39, 0.29) is 28.9 Å². The molecular weight excluding hydrogens is 358 g/mol. The van der Waals surface area contributed by atoms with E-state index >= 15 is 0 Å². The molecule has 1 N–H and O–H groups in total. The van der Waals surface area contributed by atoms with Gasteiger partial charge in [-0.1, -0.05) is 20.8 Å². The van der Waals surface area contributed by atoms with Gasteiger partial charge in [-0.15, -0.1) is 11.3 Å². The van der Waals surface area contributed by atoms with Crippen molar-refractivity contribution in [2.45, 2.75) is 45.6 Å². The molecule has 6 nitrogen and oxygen atoms in total. The summed E-state index contributed by atoms with van der Waals surface area (Å²) < 4.78 is 25.4. The molecule has 1 saturated heterocycles. The molecule has 1 atom stereocenters. The second kappa shape index (κ2) is 6.25. The van der Waals surface area contributed by atoms with E-state index in [9.17, 15) is 13.2 Å². The fraction of sp³-hybridized carbons (Fsp3) is 0.529. The topological polar surface area (TPSA) is 81.1 Å². The maximum Gasteiger partial charge on any atom is 0.267 e. The zero-order valence-electron chi connectivity index (χ0n) is 14.9. The van der Waals surface area contributed by atoms with E-state index in [1.807, 2.05) is 45.2 Å². The predicted octanol–water partition coefficient (Wildman–Crippen LogP) is 3.16. The summed E-state index contributed by atoms with van der Waals surface area (Å²) in [6.07, 6.45) is 0.522. The Morgan fingerprint density at radius 2 is 2.12 bits per heavy atom. The summed E-state index contributed by atoms with van der Waals surface area (Å²) in [7, 11) is -3.04. The minimum Gasteiger partial charge on any atom is -0.306 e. The molecule has 3 heterocycles. The van der Waals surface area contributed by atoms with E-state index in [1.165, 1.54) is 11.3 Å². The van der Waals surface area contributed by atoms with E-state index in [0.29, 0.717) is 17.1 Å². The van der Waals surface area contributed by atoms with Crippen LogP contribution in [0, 0.1) is 6.92 Å². The molecule has 0 radical (unpaired) electrons. The Morgan fingerprint density at radius 1 is 1.40 bits per heavy atom. The molecule has 0 aromatic carbocycles. The fourth-order valence-corrected chi connectivity index (χ4v) is 5.39. The summed E-state index contributed by atoms with van der Waals surface area (Å²) in [5.41, 5.74) is 1.56. The minimum atomic E-state index is -3.04.